The summed E-state index contributed by atoms with van der Waals surface area (Å²) in [6.45, 7) is 5.85. The number of aliphatic hydroxyl groups is 1. The summed E-state index contributed by atoms with van der Waals surface area (Å²) in [4.78, 5) is 6.77. The van der Waals surface area contributed by atoms with Crippen molar-refractivity contribution in [2.24, 2.45) is 0 Å². The Bertz CT molecular complexity index is 526. The van der Waals surface area contributed by atoms with E-state index in [1.54, 1.807) is 0 Å². The summed E-state index contributed by atoms with van der Waals surface area (Å²) in [5, 5.41) is 9.28. The minimum absolute atomic E-state index is 0.0548. The van der Waals surface area contributed by atoms with Gasteiger partial charge in [-0.25, -0.2) is 4.98 Å². The maximum absolute atomic E-state index is 9.28. The Labute approximate surface area is 114 Å². The summed E-state index contributed by atoms with van der Waals surface area (Å²) < 4.78 is 0. The molecule has 0 aliphatic carbocycles. The number of pyridine rings is 1. The molecule has 0 aliphatic heterocycles. The van der Waals surface area contributed by atoms with Crippen LogP contribution in [-0.2, 0) is 13.2 Å². The van der Waals surface area contributed by atoms with Crippen LogP contribution in [0.3, 0.4) is 0 Å². The Hall–Kier alpha value is -1.87. The Morgan fingerprint density at radius 3 is 2.47 bits per heavy atom. The van der Waals surface area contributed by atoms with Crippen molar-refractivity contribution in [3.05, 3.63) is 59.3 Å². The number of benzene rings is 1. The summed E-state index contributed by atoms with van der Waals surface area (Å²) in [6.07, 6.45) is 0. The van der Waals surface area contributed by atoms with Crippen molar-refractivity contribution in [2.75, 3.05) is 11.4 Å². The van der Waals surface area contributed by atoms with Gasteiger partial charge in [0.2, 0.25) is 0 Å². The Morgan fingerprint density at radius 2 is 1.84 bits per heavy atom. The number of hydrogen-bond donors (Lipinski definition) is 1. The number of aryl methyl sites for hydroxylation is 1. The normalized spacial score (nSPS) is 10.5. The standard InChI is InChI=1S/C16H20N2O/c1-3-18(11-14-7-5-4-6-8-14)16-10-15(12-19)9-13(2)17-16/h4-10,19H,3,11-12H2,1-2H3. The fourth-order valence-corrected chi connectivity index (χ4v) is 2.13. The van der Waals surface area contributed by atoms with Crippen LogP contribution in [0.25, 0.3) is 0 Å². The zero-order chi connectivity index (χ0) is 13.7. The van der Waals surface area contributed by atoms with Gasteiger partial charge in [-0.3, -0.25) is 0 Å². The van der Waals surface area contributed by atoms with Crippen LogP contribution in [0.5, 0.6) is 0 Å². The fourth-order valence-electron chi connectivity index (χ4n) is 2.13. The molecule has 0 saturated carbocycles. The Balaban J connectivity index is 2.24. The van der Waals surface area contributed by atoms with Gasteiger partial charge in [-0.05, 0) is 37.1 Å². The molecule has 0 aliphatic rings. The Kier molecular flexibility index (Phi) is 4.53. The van der Waals surface area contributed by atoms with Gasteiger partial charge >= 0.3 is 0 Å². The number of aliphatic hydroxyl groups excluding tert-OH is 1. The van der Waals surface area contributed by atoms with Gasteiger partial charge in [0, 0.05) is 18.8 Å². The third-order valence-corrected chi connectivity index (χ3v) is 3.10. The highest BCUT2D eigenvalue weighted by atomic mass is 16.3. The third kappa shape index (κ3) is 3.55. The van der Waals surface area contributed by atoms with E-state index in [-0.39, 0.29) is 6.61 Å². The second kappa shape index (κ2) is 6.34. The van der Waals surface area contributed by atoms with E-state index in [0.717, 1.165) is 30.2 Å². The lowest BCUT2D eigenvalue weighted by molar-refractivity contribution is 0.281. The molecule has 2 rings (SSSR count). The van der Waals surface area contributed by atoms with E-state index in [0.29, 0.717) is 0 Å². The van der Waals surface area contributed by atoms with Gasteiger partial charge in [-0.2, -0.15) is 0 Å². The molecule has 0 spiro atoms. The molecular weight excluding hydrogens is 236 g/mol. The molecule has 3 heteroatoms. The molecule has 0 fully saturated rings. The number of nitrogens with zero attached hydrogens (tertiary/aromatic N) is 2. The molecule has 0 unspecified atom stereocenters. The molecule has 1 heterocycles. The van der Waals surface area contributed by atoms with Crippen molar-refractivity contribution in [3.8, 4) is 0 Å². The lowest BCUT2D eigenvalue weighted by Gasteiger charge is -2.23. The van der Waals surface area contributed by atoms with E-state index in [1.165, 1.54) is 5.56 Å². The first-order valence-electron chi connectivity index (χ1n) is 6.60. The number of hydrogen-bond acceptors (Lipinski definition) is 3. The molecule has 3 nitrogen and oxygen atoms in total. The van der Waals surface area contributed by atoms with E-state index >= 15 is 0 Å². The van der Waals surface area contributed by atoms with Gasteiger partial charge in [-0.15, -0.1) is 0 Å². The average molecular weight is 256 g/mol. The smallest absolute Gasteiger partial charge is 0.129 e. The lowest BCUT2D eigenvalue weighted by Crippen LogP contribution is -2.23. The van der Waals surface area contributed by atoms with Crippen molar-refractivity contribution in [1.82, 2.24) is 4.98 Å². The summed E-state index contributed by atoms with van der Waals surface area (Å²) in [5.74, 6) is 0.926. The quantitative estimate of drug-likeness (QED) is 0.893. The van der Waals surface area contributed by atoms with Crippen LogP contribution >= 0.6 is 0 Å². The zero-order valence-corrected chi connectivity index (χ0v) is 11.5. The zero-order valence-electron chi connectivity index (χ0n) is 11.5. The SMILES string of the molecule is CCN(Cc1ccccc1)c1cc(CO)cc(C)n1. The van der Waals surface area contributed by atoms with Crippen molar-refractivity contribution in [1.29, 1.82) is 0 Å². The monoisotopic (exact) mass is 256 g/mol. The molecule has 19 heavy (non-hydrogen) atoms. The largest absolute Gasteiger partial charge is 0.392 e. The van der Waals surface area contributed by atoms with Gasteiger partial charge in [0.1, 0.15) is 5.82 Å². The molecular formula is C16H20N2O. The Morgan fingerprint density at radius 1 is 1.11 bits per heavy atom. The summed E-state index contributed by atoms with van der Waals surface area (Å²) >= 11 is 0. The first-order chi connectivity index (χ1) is 9.22. The van der Waals surface area contributed by atoms with Crippen LogP contribution in [0, 0.1) is 6.92 Å². The molecule has 1 aromatic heterocycles. The second-order valence-electron chi connectivity index (χ2n) is 4.63. The molecule has 100 valence electrons. The van der Waals surface area contributed by atoms with Crippen molar-refractivity contribution in [2.45, 2.75) is 27.0 Å². The number of aromatic nitrogens is 1. The minimum Gasteiger partial charge on any atom is -0.392 e. The maximum Gasteiger partial charge on any atom is 0.129 e. The summed E-state index contributed by atoms with van der Waals surface area (Å²) in [5.41, 5.74) is 3.11. The predicted octanol–water partition coefficient (Wildman–Crippen LogP) is 2.91. The lowest BCUT2D eigenvalue weighted by atomic mass is 10.2. The van der Waals surface area contributed by atoms with Gasteiger partial charge in [0.25, 0.3) is 0 Å². The molecule has 1 N–H and O–H groups in total. The van der Waals surface area contributed by atoms with Crippen LogP contribution in [0.4, 0.5) is 5.82 Å². The highest BCUT2D eigenvalue weighted by Gasteiger charge is 2.08. The van der Waals surface area contributed by atoms with Crippen LogP contribution in [0.1, 0.15) is 23.7 Å². The van der Waals surface area contributed by atoms with E-state index in [2.05, 4.69) is 28.9 Å². The summed E-state index contributed by atoms with van der Waals surface area (Å²) in [7, 11) is 0. The van der Waals surface area contributed by atoms with E-state index in [9.17, 15) is 5.11 Å². The topological polar surface area (TPSA) is 36.4 Å². The fraction of sp³-hybridized carbons (Fsp3) is 0.312. The van der Waals surface area contributed by atoms with Crippen molar-refractivity contribution in [3.63, 3.8) is 0 Å². The highest BCUT2D eigenvalue weighted by Crippen LogP contribution is 2.17. The van der Waals surface area contributed by atoms with E-state index < -0.39 is 0 Å². The maximum atomic E-state index is 9.28. The molecule has 0 amide bonds. The molecule has 1 aromatic carbocycles. The van der Waals surface area contributed by atoms with Gasteiger partial charge < -0.3 is 10.0 Å². The van der Waals surface area contributed by atoms with Crippen LogP contribution in [-0.4, -0.2) is 16.6 Å². The number of rotatable bonds is 5. The van der Waals surface area contributed by atoms with Crippen LogP contribution in [0.15, 0.2) is 42.5 Å². The van der Waals surface area contributed by atoms with Crippen molar-refractivity contribution >= 4 is 5.82 Å². The van der Waals surface area contributed by atoms with Crippen LogP contribution < -0.4 is 4.90 Å². The molecule has 0 bridgehead atoms. The highest BCUT2D eigenvalue weighted by molar-refractivity contribution is 5.43. The molecule has 0 atom stereocenters. The second-order valence-corrected chi connectivity index (χ2v) is 4.63. The molecule has 0 saturated heterocycles. The van der Waals surface area contributed by atoms with E-state index in [1.807, 2.05) is 37.3 Å². The average Bonchev–Trinajstić information content (AvgIpc) is 2.45. The third-order valence-electron chi connectivity index (χ3n) is 3.10. The minimum atomic E-state index is 0.0548. The van der Waals surface area contributed by atoms with Crippen LogP contribution in [0.2, 0.25) is 0 Å². The van der Waals surface area contributed by atoms with Gasteiger partial charge in [0.05, 0.1) is 6.61 Å². The van der Waals surface area contributed by atoms with Crippen molar-refractivity contribution < 1.29 is 5.11 Å². The number of anilines is 1. The first kappa shape index (κ1) is 13.6. The predicted molar refractivity (Wildman–Crippen MR) is 78.1 cm³/mol. The van der Waals surface area contributed by atoms with Gasteiger partial charge in [0.15, 0.2) is 0 Å². The summed E-state index contributed by atoms with van der Waals surface area (Å²) in [6, 6.07) is 14.2. The van der Waals surface area contributed by atoms with E-state index in [4.69, 9.17) is 0 Å². The molecule has 0 radical (unpaired) electrons. The molecule has 2 aromatic rings. The first-order valence-corrected chi connectivity index (χ1v) is 6.60. The van der Waals surface area contributed by atoms with Gasteiger partial charge in [-0.1, -0.05) is 30.3 Å².